The number of para-hydroxylation sites is 1. The van der Waals surface area contributed by atoms with Crippen LogP contribution in [0.15, 0.2) is 48.5 Å². The molecule has 0 aliphatic carbocycles. The molecule has 0 fully saturated rings. The normalized spacial score (nSPS) is 13.0. The Morgan fingerprint density at radius 1 is 1.07 bits per heavy atom. The molecule has 1 atom stereocenters. The predicted octanol–water partition coefficient (Wildman–Crippen LogP) is 5.75. The summed E-state index contributed by atoms with van der Waals surface area (Å²) in [6.45, 7) is 10.2. The first-order chi connectivity index (χ1) is 14.1. The van der Waals surface area contributed by atoms with E-state index >= 15 is 0 Å². The van der Waals surface area contributed by atoms with Gasteiger partial charge in [0, 0.05) is 40.6 Å². The van der Waals surface area contributed by atoms with Gasteiger partial charge < -0.3 is 14.8 Å². The van der Waals surface area contributed by atoms with E-state index in [1.807, 2.05) is 0 Å². The van der Waals surface area contributed by atoms with E-state index in [-0.39, 0.29) is 0 Å². The van der Waals surface area contributed by atoms with E-state index in [2.05, 4.69) is 91.1 Å². The van der Waals surface area contributed by atoms with Crippen molar-refractivity contribution >= 4 is 27.5 Å². The number of rotatable bonds is 8. The highest BCUT2D eigenvalue weighted by Gasteiger charge is 2.16. The number of anilines is 1. The van der Waals surface area contributed by atoms with Gasteiger partial charge in [-0.1, -0.05) is 32.0 Å². The Balaban J connectivity index is 1.56. The van der Waals surface area contributed by atoms with Crippen LogP contribution in [0.25, 0.3) is 33.2 Å². The maximum atomic E-state index is 4.84. The SMILES string of the molecule is CCN(CC)CCCC(C)Nc1ccc2c(c1)cc1c3ccccc3nc-1n2C. The van der Waals surface area contributed by atoms with E-state index in [1.165, 1.54) is 46.9 Å². The lowest BCUT2D eigenvalue weighted by Crippen LogP contribution is -2.25. The van der Waals surface area contributed by atoms with Gasteiger partial charge in [-0.25, -0.2) is 4.98 Å². The number of aryl methyl sites for hydroxylation is 1. The second-order valence-corrected chi connectivity index (χ2v) is 8.06. The first-order valence-corrected chi connectivity index (χ1v) is 10.9. The molecule has 4 heteroatoms. The minimum atomic E-state index is 0.460. The molecule has 1 N–H and O–H groups in total. The van der Waals surface area contributed by atoms with Gasteiger partial charge in [-0.05, 0) is 69.7 Å². The largest absolute Gasteiger partial charge is 0.383 e. The molecular weight excluding hydrogens is 356 g/mol. The van der Waals surface area contributed by atoms with Crippen LogP contribution in [-0.4, -0.2) is 40.1 Å². The maximum absolute atomic E-state index is 4.84. The standard InChI is InChI=1S/C25H32N4/c1-5-29(6-2)15-9-10-18(3)26-20-13-14-24-19(16-20)17-22-21-11-7-8-12-23(21)27-25(22)28(24)4/h7-8,11-14,16-18,26H,5-6,9-10,15H2,1-4H3. The van der Waals surface area contributed by atoms with Crippen LogP contribution in [0.1, 0.15) is 33.6 Å². The number of nitrogens with zero attached hydrogens (tertiary/aromatic N) is 3. The highest BCUT2D eigenvalue weighted by Crippen LogP contribution is 2.34. The van der Waals surface area contributed by atoms with Gasteiger partial charge in [0.05, 0.1) is 5.52 Å². The molecule has 2 heterocycles. The van der Waals surface area contributed by atoms with E-state index < -0.39 is 0 Å². The number of hydrogen-bond donors (Lipinski definition) is 1. The zero-order valence-electron chi connectivity index (χ0n) is 18.1. The van der Waals surface area contributed by atoms with E-state index in [0.29, 0.717) is 6.04 Å². The number of hydrogen-bond acceptors (Lipinski definition) is 3. The van der Waals surface area contributed by atoms with Crippen molar-refractivity contribution in [2.45, 2.75) is 39.7 Å². The van der Waals surface area contributed by atoms with Crippen LogP contribution in [0.5, 0.6) is 0 Å². The highest BCUT2D eigenvalue weighted by molar-refractivity contribution is 6.01. The quantitative estimate of drug-likeness (QED) is 0.417. The summed E-state index contributed by atoms with van der Waals surface area (Å²) in [6, 6.07) is 17.8. The Morgan fingerprint density at radius 2 is 1.86 bits per heavy atom. The number of fused-ring (bicyclic) bond motifs is 4. The molecule has 152 valence electrons. The van der Waals surface area contributed by atoms with Crippen molar-refractivity contribution in [2.75, 3.05) is 25.0 Å². The molecule has 0 radical (unpaired) electrons. The monoisotopic (exact) mass is 388 g/mol. The minimum Gasteiger partial charge on any atom is -0.383 e. The van der Waals surface area contributed by atoms with Gasteiger partial charge in [0.25, 0.3) is 0 Å². The Labute approximate surface area is 173 Å². The summed E-state index contributed by atoms with van der Waals surface area (Å²) in [5, 5.41) is 6.17. The summed E-state index contributed by atoms with van der Waals surface area (Å²) in [6.07, 6.45) is 2.41. The maximum Gasteiger partial charge on any atom is 0.141 e. The molecule has 2 aromatic carbocycles. The molecule has 1 unspecified atom stereocenters. The van der Waals surface area contributed by atoms with Crippen LogP contribution in [0.3, 0.4) is 0 Å². The van der Waals surface area contributed by atoms with E-state index in [9.17, 15) is 0 Å². The van der Waals surface area contributed by atoms with Crippen LogP contribution in [0.2, 0.25) is 0 Å². The number of pyridine rings is 1. The molecule has 0 spiro atoms. The summed E-state index contributed by atoms with van der Waals surface area (Å²) in [5.74, 6) is 1.05. The summed E-state index contributed by atoms with van der Waals surface area (Å²) in [4.78, 5) is 7.33. The first kappa shape index (κ1) is 19.7. The Kier molecular flexibility index (Phi) is 5.72. The predicted molar refractivity (Wildman–Crippen MR) is 125 cm³/mol. The van der Waals surface area contributed by atoms with Crippen molar-refractivity contribution in [3.63, 3.8) is 0 Å². The molecule has 2 aliphatic heterocycles. The van der Waals surface area contributed by atoms with Crippen LogP contribution in [0, 0.1) is 0 Å². The highest BCUT2D eigenvalue weighted by atomic mass is 15.1. The fraction of sp³-hybridized carbons (Fsp3) is 0.400. The second-order valence-electron chi connectivity index (χ2n) is 8.06. The molecule has 0 aromatic heterocycles. The smallest absolute Gasteiger partial charge is 0.141 e. The molecule has 0 bridgehead atoms. The third kappa shape index (κ3) is 3.95. The summed E-state index contributed by atoms with van der Waals surface area (Å²) in [7, 11) is 2.11. The van der Waals surface area contributed by atoms with Crippen molar-refractivity contribution in [1.29, 1.82) is 0 Å². The summed E-state index contributed by atoms with van der Waals surface area (Å²) >= 11 is 0. The van der Waals surface area contributed by atoms with Crippen molar-refractivity contribution in [2.24, 2.45) is 7.05 Å². The third-order valence-corrected chi connectivity index (χ3v) is 6.09. The molecule has 0 saturated heterocycles. The average Bonchev–Trinajstić information content (AvgIpc) is 3.10. The minimum absolute atomic E-state index is 0.460. The molecule has 0 saturated carbocycles. The van der Waals surface area contributed by atoms with E-state index in [1.54, 1.807) is 0 Å². The van der Waals surface area contributed by atoms with E-state index in [0.717, 1.165) is 24.4 Å². The molecule has 2 aliphatic rings. The third-order valence-electron chi connectivity index (χ3n) is 6.09. The van der Waals surface area contributed by atoms with Crippen LogP contribution < -0.4 is 5.32 Å². The van der Waals surface area contributed by atoms with Gasteiger partial charge in [-0.2, -0.15) is 0 Å². The van der Waals surface area contributed by atoms with Crippen LogP contribution in [-0.2, 0) is 7.05 Å². The average molecular weight is 389 g/mol. The summed E-state index contributed by atoms with van der Waals surface area (Å²) in [5.41, 5.74) is 4.68. The Hall–Kier alpha value is -2.59. The molecule has 2 aromatic rings. The number of aromatic nitrogens is 2. The topological polar surface area (TPSA) is 33.1 Å². The molecule has 29 heavy (non-hydrogen) atoms. The van der Waals surface area contributed by atoms with Crippen LogP contribution >= 0.6 is 0 Å². The Morgan fingerprint density at radius 3 is 2.66 bits per heavy atom. The van der Waals surface area contributed by atoms with Gasteiger partial charge in [-0.3, -0.25) is 0 Å². The Bertz CT molecular complexity index is 1080. The zero-order chi connectivity index (χ0) is 20.4. The summed E-state index contributed by atoms with van der Waals surface area (Å²) < 4.78 is 2.21. The number of benzene rings is 2. The first-order valence-electron chi connectivity index (χ1n) is 10.9. The van der Waals surface area contributed by atoms with Crippen molar-refractivity contribution in [1.82, 2.24) is 14.5 Å². The lowest BCUT2D eigenvalue weighted by molar-refractivity contribution is 0.295. The van der Waals surface area contributed by atoms with Gasteiger partial charge in [0.15, 0.2) is 0 Å². The second kappa shape index (κ2) is 8.42. The van der Waals surface area contributed by atoms with Gasteiger partial charge in [-0.15, -0.1) is 0 Å². The fourth-order valence-electron chi connectivity index (χ4n) is 4.34. The lowest BCUT2D eigenvalue weighted by Gasteiger charge is -2.20. The van der Waals surface area contributed by atoms with Crippen molar-refractivity contribution in [3.05, 3.63) is 48.5 Å². The lowest BCUT2D eigenvalue weighted by atomic mass is 10.1. The molecule has 4 nitrogen and oxygen atoms in total. The van der Waals surface area contributed by atoms with Gasteiger partial charge in [0.1, 0.15) is 5.82 Å². The van der Waals surface area contributed by atoms with Crippen LogP contribution in [0.4, 0.5) is 5.69 Å². The van der Waals surface area contributed by atoms with Crippen molar-refractivity contribution < 1.29 is 0 Å². The number of nitrogens with one attached hydrogen (secondary N) is 1. The molecule has 4 rings (SSSR count). The fourth-order valence-corrected chi connectivity index (χ4v) is 4.34. The zero-order valence-corrected chi connectivity index (χ0v) is 18.1. The molecular formula is C25H32N4. The van der Waals surface area contributed by atoms with Gasteiger partial charge >= 0.3 is 0 Å². The van der Waals surface area contributed by atoms with Gasteiger partial charge in [0.2, 0.25) is 0 Å². The van der Waals surface area contributed by atoms with E-state index in [4.69, 9.17) is 4.98 Å². The van der Waals surface area contributed by atoms with Crippen molar-refractivity contribution in [3.8, 4) is 11.4 Å². The molecule has 0 amide bonds.